The Morgan fingerprint density at radius 1 is 1.00 bits per heavy atom. The van der Waals surface area contributed by atoms with Crippen molar-refractivity contribution >= 4 is 23.7 Å². The lowest BCUT2D eigenvalue weighted by Crippen LogP contribution is -2.51. The molecule has 1 fully saturated rings. The number of nitrogens with one attached hydrogen (secondary N) is 1. The molecule has 2 unspecified atom stereocenters. The predicted molar refractivity (Wildman–Crippen MR) is 176 cm³/mol. The monoisotopic (exact) mass is 631 g/mol. The van der Waals surface area contributed by atoms with Gasteiger partial charge < -0.3 is 15.2 Å². The molecule has 1 aliphatic heterocycles. The van der Waals surface area contributed by atoms with Gasteiger partial charge in [0.05, 0.1) is 25.6 Å². The third-order valence-electron chi connectivity index (χ3n) is 7.77. The van der Waals surface area contributed by atoms with Gasteiger partial charge in [0.1, 0.15) is 0 Å². The number of ether oxygens (including phenoxy) is 1. The zero-order valence-corrected chi connectivity index (χ0v) is 26.5. The topological polar surface area (TPSA) is 111 Å². The first kappa shape index (κ1) is 34.0. The summed E-state index contributed by atoms with van der Waals surface area (Å²) in [6, 6.07) is 26.7. The number of carbonyl (C=O) groups excluding carboxylic acids is 1. The standard InChI is InChI=1S/C35H42ClN5O4/c1-2-45-33(42)24-32(38-25-28-13-11-27(12-14-28)8-6-7-19-41(37)35(43)44)26-39-20-22-40(23-21-39)34(29-9-4-3-5-10-29)30-15-17-31(36)18-16-30/h3-5,9-18,32,34,38H,2,7,19-26,37H2,1H3,(H,43,44). The highest BCUT2D eigenvalue weighted by Crippen LogP contribution is 2.30. The minimum Gasteiger partial charge on any atom is -0.466 e. The fraction of sp³-hybridized carbons (Fsp3) is 0.371. The number of halogens is 1. The van der Waals surface area contributed by atoms with Crippen molar-refractivity contribution < 1.29 is 19.4 Å². The van der Waals surface area contributed by atoms with Crippen LogP contribution in [0.25, 0.3) is 0 Å². The Hall–Kier alpha value is -3.91. The highest BCUT2D eigenvalue weighted by atomic mass is 35.5. The van der Waals surface area contributed by atoms with Crippen molar-refractivity contribution in [2.24, 2.45) is 5.84 Å². The van der Waals surface area contributed by atoms with Crippen LogP contribution in [-0.4, -0.2) is 83.9 Å². The maximum atomic E-state index is 12.5. The lowest BCUT2D eigenvalue weighted by molar-refractivity contribution is -0.143. The number of carboxylic acid groups (broad SMARTS) is 1. The van der Waals surface area contributed by atoms with Gasteiger partial charge in [-0.1, -0.05) is 78.0 Å². The molecule has 1 saturated heterocycles. The second-order valence-electron chi connectivity index (χ2n) is 11.0. The summed E-state index contributed by atoms with van der Waals surface area (Å²) in [4.78, 5) is 28.2. The van der Waals surface area contributed by atoms with Gasteiger partial charge in [0.15, 0.2) is 0 Å². The van der Waals surface area contributed by atoms with Crippen LogP contribution in [0, 0.1) is 11.8 Å². The van der Waals surface area contributed by atoms with Crippen LogP contribution >= 0.6 is 11.6 Å². The molecule has 1 heterocycles. The molecule has 0 aliphatic carbocycles. The Morgan fingerprint density at radius 3 is 2.31 bits per heavy atom. The molecule has 0 aromatic heterocycles. The van der Waals surface area contributed by atoms with E-state index in [-0.39, 0.29) is 24.6 Å². The molecule has 238 valence electrons. The van der Waals surface area contributed by atoms with Crippen LogP contribution in [0.4, 0.5) is 4.79 Å². The average molecular weight is 632 g/mol. The van der Waals surface area contributed by atoms with Crippen LogP contribution in [0.2, 0.25) is 5.02 Å². The molecule has 0 spiro atoms. The van der Waals surface area contributed by atoms with Crippen LogP contribution in [0.3, 0.4) is 0 Å². The van der Waals surface area contributed by atoms with Gasteiger partial charge in [-0.05, 0) is 47.9 Å². The van der Waals surface area contributed by atoms with E-state index in [1.165, 1.54) is 11.1 Å². The third-order valence-corrected chi connectivity index (χ3v) is 8.03. The number of benzene rings is 3. The largest absolute Gasteiger partial charge is 0.466 e. The van der Waals surface area contributed by atoms with Crippen molar-refractivity contribution in [3.05, 3.63) is 106 Å². The summed E-state index contributed by atoms with van der Waals surface area (Å²) >= 11 is 6.20. The summed E-state index contributed by atoms with van der Waals surface area (Å²) in [6.45, 7) is 7.25. The molecule has 0 radical (unpaired) electrons. The molecule has 0 saturated carbocycles. The summed E-state index contributed by atoms with van der Waals surface area (Å²) < 4.78 is 5.29. The zero-order chi connectivity index (χ0) is 32.0. The number of hydrogen-bond acceptors (Lipinski definition) is 7. The van der Waals surface area contributed by atoms with Gasteiger partial charge in [-0.2, -0.15) is 0 Å². The number of nitrogens with zero attached hydrogens (tertiary/aromatic N) is 3. The molecular weight excluding hydrogens is 590 g/mol. The number of rotatable bonds is 13. The molecular formula is C35H42ClN5O4. The molecule has 0 bridgehead atoms. The summed E-state index contributed by atoms with van der Waals surface area (Å²) in [5, 5.41) is 13.8. The van der Waals surface area contributed by atoms with E-state index < -0.39 is 6.09 Å². The van der Waals surface area contributed by atoms with E-state index >= 15 is 0 Å². The molecule has 45 heavy (non-hydrogen) atoms. The van der Waals surface area contributed by atoms with E-state index in [0.717, 1.165) is 53.9 Å². The lowest BCUT2D eigenvalue weighted by atomic mass is 9.96. The molecule has 3 aromatic rings. The Morgan fingerprint density at radius 2 is 1.67 bits per heavy atom. The van der Waals surface area contributed by atoms with Crippen molar-refractivity contribution in [2.45, 2.75) is 38.4 Å². The Kier molecular flexibility index (Phi) is 13.2. The smallest absolute Gasteiger partial charge is 0.421 e. The molecule has 4 rings (SSSR count). The van der Waals surface area contributed by atoms with Crippen molar-refractivity contribution in [1.29, 1.82) is 0 Å². The Bertz CT molecular complexity index is 1420. The zero-order valence-electron chi connectivity index (χ0n) is 25.7. The molecule has 1 aliphatic rings. The maximum absolute atomic E-state index is 12.5. The maximum Gasteiger partial charge on any atom is 0.421 e. The number of nitrogens with two attached hydrogens (primary N) is 1. The third kappa shape index (κ3) is 10.9. The van der Waals surface area contributed by atoms with E-state index in [2.05, 4.69) is 63.4 Å². The number of carbonyl (C=O) groups is 2. The number of esters is 1. The van der Waals surface area contributed by atoms with Crippen molar-refractivity contribution in [3.63, 3.8) is 0 Å². The first-order valence-electron chi connectivity index (χ1n) is 15.3. The minimum absolute atomic E-state index is 0.0651. The van der Waals surface area contributed by atoms with Crippen molar-refractivity contribution in [3.8, 4) is 11.8 Å². The first-order valence-corrected chi connectivity index (χ1v) is 15.7. The van der Waals surface area contributed by atoms with E-state index in [1.54, 1.807) is 0 Å². The number of piperazine rings is 1. The molecule has 3 aromatic carbocycles. The van der Waals surface area contributed by atoms with Gasteiger partial charge in [0, 0.05) is 62.3 Å². The second kappa shape index (κ2) is 17.5. The SMILES string of the molecule is CCOC(=O)CC(CN1CCN(C(c2ccccc2)c2ccc(Cl)cc2)CC1)NCc1ccc(C#CCCN(N)C(=O)O)cc1. The van der Waals surface area contributed by atoms with Gasteiger partial charge in [0.25, 0.3) is 0 Å². The minimum atomic E-state index is -1.18. The second-order valence-corrected chi connectivity index (χ2v) is 11.4. The number of amides is 1. The van der Waals surface area contributed by atoms with Gasteiger partial charge in [-0.15, -0.1) is 0 Å². The Balaban J connectivity index is 1.34. The fourth-order valence-corrected chi connectivity index (χ4v) is 5.56. The van der Waals surface area contributed by atoms with E-state index in [1.807, 2.05) is 49.4 Å². The summed E-state index contributed by atoms with van der Waals surface area (Å²) in [5.74, 6) is 11.2. The number of hydrogen-bond donors (Lipinski definition) is 3. The van der Waals surface area contributed by atoms with Crippen LogP contribution in [0.1, 0.15) is 48.1 Å². The summed E-state index contributed by atoms with van der Waals surface area (Å²) in [7, 11) is 0. The van der Waals surface area contributed by atoms with Crippen LogP contribution in [0.5, 0.6) is 0 Å². The highest BCUT2D eigenvalue weighted by Gasteiger charge is 2.28. The fourth-order valence-electron chi connectivity index (χ4n) is 5.44. The molecule has 2 atom stereocenters. The van der Waals surface area contributed by atoms with Crippen molar-refractivity contribution in [2.75, 3.05) is 45.9 Å². The van der Waals surface area contributed by atoms with Crippen LogP contribution < -0.4 is 11.2 Å². The first-order chi connectivity index (χ1) is 21.8. The number of hydrazine groups is 1. The summed E-state index contributed by atoms with van der Waals surface area (Å²) in [6.07, 6.45) is -0.531. The Labute approximate surface area is 270 Å². The predicted octanol–water partition coefficient (Wildman–Crippen LogP) is 4.75. The normalized spacial score (nSPS) is 15.0. The molecule has 1 amide bonds. The molecule has 4 N–H and O–H groups in total. The van der Waals surface area contributed by atoms with E-state index in [4.69, 9.17) is 27.3 Å². The lowest BCUT2D eigenvalue weighted by Gasteiger charge is -2.40. The molecule has 10 heteroatoms. The summed E-state index contributed by atoms with van der Waals surface area (Å²) in [5.41, 5.74) is 4.39. The van der Waals surface area contributed by atoms with Gasteiger partial charge in [0.2, 0.25) is 0 Å². The van der Waals surface area contributed by atoms with Gasteiger partial charge in [-0.3, -0.25) is 14.6 Å². The van der Waals surface area contributed by atoms with Crippen LogP contribution in [0.15, 0.2) is 78.9 Å². The van der Waals surface area contributed by atoms with Gasteiger partial charge >= 0.3 is 12.1 Å². The quantitative estimate of drug-likeness (QED) is 0.0815. The molecule has 9 nitrogen and oxygen atoms in total. The average Bonchev–Trinajstić information content (AvgIpc) is 3.05. The van der Waals surface area contributed by atoms with E-state index in [0.29, 0.717) is 26.0 Å². The highest BCUT2D eigenvalue weighted by molar-refractivity contribution is 6.30. The van der Waals surface area contributed by atoms with Gasteiger partial charge in [-0.25, -0.2) is 15.6 Å². The van der Waals surface area contributed by atoms with E-state index in [9.17, 15) is 9.59 Å². The van der Waals surface area contributed by atoms with Crippen LogP contribution in [-0.2, 0) is 16.1 Å². The van der Waals surface area contributed by atoms with Crippen molar-refractivity contribution in [1.82, 2.24) is 20.1 Å².